The molecule has 4 aromatic rings. The second-order valence-electron chi connectivity index (χ2n) is 6.71. The van der Waals surface area contributed by atoms with Gasteiger partial charge in [0, 0.05) is 37.2 Å². The zero-order valence-electron chi connectivity index (χ0n) is 15.6. The normalized spacial score (nSPS) is 11.5. The molecule has 4 rings (SSSR count). The average molecular weight is 366 g/mol. The summed E-state index contributed by atoms with van der Waals surface area (Å²) in [4.78, 5) is 31.2. The Bertz CT molecular complexity index is 1240. The van der Waals surface area contributed by atoms with Gasteiger partial charge in [0.2, 0.25) is 5.78 Å². The zero-order valence-corrected chi connectivity index (χ0v) is 15.6. The van der Waals surface area contributed by atoms with Crippen LogP contribution in [-0.4, -0.2) is 30.0 Å². The van der Waals surface area contributed by atoms with Crippen molar-refractivity contribution in [2.24, 2.45) is 7.05 Å². The third kappa shape index (κ3) is 2.73. The summed E-state index contributed by atoms with van der Waals surface area (Å²) in [7, 11) is 1.61. The molecule has 0 saturated carbocycles. The van der Waals surface area contributed by atoms with Gasteiger partial charge in [0.05, 0.1) is 0 Å². The van der Waals surface area contributed by atoms with Crippen molar-refractivity contribution in [1.82, 2.24) is 23.5 Å². The fraction of sp³-hybridized carbons (Fsp3) is 0.316. The first-order valence-electron chi connectivity index (χ1n) is 8.95. The van der Waals surface area contributed by atoms with E-state index < -0.39 is 11.2 Å². The molecule has 1 aromatic carbocycles. The van der Waals surface area contributed by atoms with E-state index in [1.54, 1.807) is 7.05 Å². The third-order valence-electron chi connectivity index (χ3n) is 5.07. The predicted octanol–water partition coefficient (Wildman–Crippen LogP) is 1.80. The van der Waals surface area contributed by atoms with E-state index in [9.17, 15) is 9.59 Å². The SMILES string of the molecule is Cc1c(C)n2c3c(=O)[nH]c(=O)n(C)c3nc2n1CCCNc1ccccc1. The number of benzene rings is 1. The van der Waals surface area contributed by atoms with Gasteiger partial charge in [0.15, 0.2) is 11.2 Å². The molecule has 2 N–H and O–H groups in total. The summed E-state index contributed by atoms with van der Waals surface area (Å²) in [6.07, 6.45) is 0.901. The van der Waals surface area contributed by atoms with Gasteiger partial charge >= 0.3 is 5.69 Å². The van der Waals surface area contributed by atoms with Crippen LogP contribution in [0.3, 0.4) is 0 Å². The second-order valence-corrected chi connectivity index (χ2v) is 6.71. The van der Waals surface area contributed by atoms with Gasteiger partial charge in [-0.05, 0) is 32.4 Å². The second kappa shape index (κ2) is 6.46. The molecule has 0 unspecified atom stereocenters. The van der Waals surface area contributed by atoms with Gasteiger partial charge in [-0.15, -0.1) is 0 Å². The predicted molar refractivity (Wildman–Crippen MR) is 106 cm³/mol. The van der Waals surface area contributed by atoms with Crippen LogP contribution >= 0.6 is 0 Å². The van der Waals surface area contributed by atoms with Crippen molar-refractivity contribution in [3.63, 3.8) is 0 Å². The highest BCUT2D eigenvalue weighted by Crippen LogP contribution is 2.20. The molecule has 3 heterocycles. The van der Waals surface area contributed by atoms with E-state index in [0.717, 1.165) is 36.6 Å². The maximum absolute atomic E-state index is 12.4. The number of imidazole rings is 2. The molecule has 3 aromatic heterocycles. The Morgan fingerprint density at radius 3 is 2.59 bits per heavy atom. The third-order valence-corrected chi connectivity index (χ3v) is 5.07. The topological polar surface area (TPSA) is 89.1 Å². The standard InChI is InChI=1S/C19H22N6O2/c1-12-13(2)25-15-16(23(3)19(27)22-17(15)26)21-18(25)24(12)11-7-10-20-14-8-5-4-6-9-14/h4-6,8-9,20H,7,10-11H2,1-3H3,(H,22,26,27). The van der Waals surface area contributed by atoms with Crippen LogP contribution in [0, 0.1) is 13.8 Å². The summed E-state index contributed by atoms with van der Waals surface area (Å²) in [6, 6.07) is 10.1. The molecular formula is C19H22N6O2. The lowest BCUT2D eigenvalue weighted by Gasteiger charge is -2.08. The fourth-order valence-electron chi connectivity index (χ4n) is 3.47. The van der Waals surface area contributed by atoms with E-state index in [1.165, 1.54) is 4.57 Å². The minimum absolute atomic E-state index is 0.401. The number of rotatable bonds is 5. The molecule has 0 bridgehead atoms. The van der Waals surface area contributed by atoms with E-state index in [4.69, 9.17) is 0 Å². The molecule has 27 heavy (non-hydrogen) atoms. The Morgan fingerprint density at radius 1 is 1.11 bits per heavy atom. The first-order chi connectivity index (χ1) is 13.0. The Kier molecular flexibility index (Phi) is 4.10. The van der Waals surface area contributed by atoms with Crippen LogP contribution in [-0.2, 0) is 13.6 Å². The summed E-state index contributed by atoms with van der Waals surface area (Å²) >= 11 is 0. The van der Waals surface area contributed by atoms with Gasteiger partial charge in [-0.2, -0.15) is 4.98 Å². The van der Waals surface area contributed by atoms with Crippen molar-refractivity contribution in [2.75, 3.05) is 11.9 Å². The maximum atomic E-state index is 12.4. The monoisotopic (exact) mass is 366 g/mol. The molecule has 0 saturated heterocycles. The quantitative estimate of drug-likeness (QED) is 0.527. The molecule has 0 aliphatic rings. The van der Waals surface area contributed by atoms with Crippen LogP contribution in [0.1, 0.15) is 17.8 Å². The van der Waals surface area contributed by atoms with Gasteiger partial charge in [-0.3, -0.25) is 18.7 Å². The largest absolute Gasteiger partial charge is 0.385 e. The van der Waals surface area contributed by atoms with E-state index in [1.807, 2.05) is 48.6 Å². The lowest BCUT2D eigenvalue weighted by Crippen LogP contribution is -2.28. The highest BCUT2D eigenvalue weighted by atomic mass is 16.2. The van der Waals surface area contributed by atoms with Gasteiger partial charge in [0.25, 0.3) is 5.56 Å². The number of aromatic nitrogens is 5. The summed E-state index contributed by atoms with van der Waals surface area (Å²) in [5.41, 5.74) is 3.05. The van der Waals surface area contributed by atoms with E-state index in [2.05, 4.69) is 19.9 Å². The van der Waals surface area contributed by atoms with E-state index in [-0.39, 0.29) is 0 Å². The summed E-state index contributed by atoms with van der Waals surface area (Å²) < 4.78 is 5.32. The number of anilines is 1. The lowest BCUT2D eigenvalue weighted by atomic mass is 10.3. The van der Waals surface area contributed by atoms with Crippen LogP contribution in [0.2, 0.25) is 0 Å². The molecule has 140 valence electrons. The Balaban J connectivity index is 1.69. The van der Waals surface area contributed by atoms with Crippen molar-refractivity contribution >= 4 is 22.6 Å². The zero-order chi connectivity index (χ0) is 19.1. The van der Waals surface area contributed by atoms with Crippen molar-refractivity contribution in [3.8, 4) is 0 Å². The van der Waals surface area contributed by atoms with Crippen LogP contribution in [0.15, 0.2) is 39.9 Å². The van der Waals surface area contributed by atoms with Crippen molar-refractivity contribution in [3.05, 3.63) is 62.6 Å². The lowest BCUT2D eigenvalue weighted by molar-refractivity contribution is 0.659. The van der Waals surface area contributed by atoms with Crippen LogP contribution in [0.5, 0.6) is 0 Å². The van der Waals surface area contributed by atoms with Crippen molar-refractivity contribution in [2.45, 2.75) is 26.8 Å². The molecule has 0 atom stereocenters. The van der Waals surface area contributed by atoms with Crippen LogP contribution in [0.4, 0.5) is 5.69 Å². The van der Waals surface area contributed by atoms with Gasteiger partial charge < -0.3 is 9.88 Å². The molecule has 8 heteroatoms. The minimum Gasteiger partial charge on any atom is -0.385 e. The molecule has 0 amide bonds. The van der Waals surface area contributed by atoms with E-state index in [0.29, 0.717) is 16.9 Å². The molecule has 0 fully saturated rings. The fourth-order valence-corrected chi connectivity index (χ4v) is 3.47. The summed E-state index contributed by atoms with van der Waals surface area (Å²) in [5, 5.41) is 3.40. The van der Waals surface area contributed by atoms with Crippen molar-refractivity contribution < 1.29 is 0 Å². The number of nitrogens with zero attached hydrogens (tertiary/aromatic N) is 4. The highest BCUT2D eigenvalue weighted by molar-refractivity contribution is 5.76. The minimum atomic E-state index is -0.457. The average Bonchev–Trinajstić information content (AvgIpc) is 3.16. The molecular weight excluding hydrogens is 344 g/mol. The molecule has 8 nitrogen and oxygen atoms in total. The number of aromatic amines is 1. The number of H-pyrrole nitrogens is 1. The summed E-state index contributed by atoms with van der Waals surface area (Å²) in [5.74, 6) is 0.686. The number of fused-ring (bicyclic) bond motifs is 3. The molecule has 0 aliphatic carbocycles. The van der Waals surface area contributed by atoms with Gasteiger partial charge in [0.1, 0.15) is 0 Å². The smallest absolute Gasteiger partial charge is 0.329 e. The molecule has 0 radical (unpaired) electrons. The van der Waals surface area contributed by atoms with Crippen molar-refractivity contribution in [1.29, 1.82) is 0 Å². The number of aryl methyl sites for hydroxylation is 3. The number of hydrogen-bond acceptors (Lipinski definition) is 4. The molecule has 0 spiro atoms. The Hall–Kier alpha value is -3.29. The molecule has 0 aliphatic heterocycles. The number of hydrogen-bond donors (Lipinski definition) is 2. The van der Waals surface area contributed by atoms with Crippen LogP contribution in [0.25, 0.3) is 16.9 Å². The highest BCUT2D eigenvalue weighted by Gasteiger charge is 2.20. The van der Waals surface area contributed by atoms with Gasteiger partial charge in [-0.1, -0.05) is 18.2 Å². The van der Waals surface area contributed by atoms with E-state index >= 15 is 0 Å². The first-order valence-corrected chi connectivity index (χ1v) is 8.95. The maximum Gasteiger partial charge on any atom is 0.329 e. The van der Waals surface area contributed by atoms with Crippen LogP contribution < -0.4 is 16.6 Å². The number of nitrogens with one attached hydrogen (secondary N) is 2. The Morgan fingerprint density at radius 2 is 1.85 bits per heavy atom. The number of para-hydroxylation sites is 1. The summed E-state index contributed by atoms with van der Waals surface area (Å²) in [6.45, 7) is 5.58. The van der Waals surface area contributed by atoms with Gasteiger partial charge in [-0.25, -0.2) is 4.79 Å². The Labute approximate surface area is 155 Å². The first kappa shape index (κ1) is 17.1.